The van der Waals surface area contributed by atoms with Crippen LogP contribution in [-0.2, 0) is 17.5 Å². The van der Waals surface area contributed by atoms with Crippen molar-refractivity contribution in [1.82, 2.24) is 9.78 Å². The van der Waals surface area contributed by atoms with Crippen molar-refractivity contribution in [1.29, 1.82) is 0 Å². The van der Waals surface area contributed by atoms with Gasteiger partial charge in [-0.05, 0) is 31.7 Å². The Balaban J connectivity index is 2.14. The fraction of sp³-hybridized carbons (Fsp3) is 0.727. The van der Waals surface area contributed by atoms with Crippen molar-refractivity contribution in [2.45, 2.75) is 32.5 Å². The average molecular weight is 248 g/mol. The highest BCUT2D eigenvalue weighted by molar-refractivity contribution is 5.12. The molecule has 0 saturated carbocycles. The van der Waals surface area contributed by atoms with Gasteiger partial charge in [-0.3, -0.25) is 4.68 Å². The number of aromatic nitrogens is 2. The van der Waals surface area contributed by atoms with E-state index in [1.54, 1.807) is 6.92 Å². The second-order valence-corrected chi connectivity index (χ2v) is 4.41. The zero-order valence-electron chi connectivity index (χ0n) is 9.63. The number of aryl methyl sites for hydroxylation is 1. The van der Waals surface area contributed by atoms with Crippen LogP contribution in [-0.4, -0.2) is 23.0 Å². The van der Waals surface area contributed by atoms with Crippen LogP contribution in [0.25, 0.3) is 0 Å². The van der Waals surface area contributed by atoms with Crippen LogP contribution in [0.15, 0.2) is 6.07 Å². The van der Waals surface area contributed by atoms with Gasteiger partial charge in [0.15, 0.2) is 0 Å². The van der Waals surface area contributed by atoms with Crippen LogP contribution in [0, 0.1) is 12.8 Å². The molecule has 1 aromatic heterocycles. The first kappa shape index (κ1) is 12.4. The van der Waals surface area contributed by atoms with Gasteiger partial charge >= 0.3 is 6.18 Å². The summed E-state index contributed by atoms with van der Waals surface area (Å²) in [6.45, 7) is 3.17. The Bertz CT molecular complexity index is 381. The molecule has 1 fully saturated rings. The summed E-state index contributed by atoms with van der Waals surface area (Å²) in [6.07, 6.45) is -2.72. The number of ether oxygens (including phenoxy) is 1. The summed E-state index contributed by atoms with van der Waals surface area (Å²) in [7, 11) is 0. The third-order valence-corrected chi connectivity index (χ3v) is 2.96. The SMILES string of the molecule is Cc1cc(C(F)(F)F)n(CC2CCOCC2)n1. The Kier molecular flexibility index (Phi) is 3.42. The van der Waals surface area contributed by atoms with Gasteiger partial charge in [0.05, 0.1) is 5.69 Å². The highest BCUT2D eigenvalue weighted by atomic mass is 19.4. The lowest BCUT2D eigenvalue weighted by Crippen LogP contribution is -2.24. The summed E-state index contributed by atoms with van der Waals surface area (Å²) in [4.78, 5) is 0. The van der Waals surface area contributed by atoms with Gasteiger partial charge < -0.3 is 4.74 Å². The quantitative estimate of drug-likeness (QED) is 0.804. The lowest BCUT2D eigenvalue weighted by molar-refractivity contribution is -0.144. The minimum absolute atomic E-state index is 0.226. The predicted octanol–water partition coefficient (Wildman–Crippen LogP) is 2.64. The summed E-state index contributed by atoms with van der Waals surface area (Å²) in [5, 5.41) is 3.93. The second-order valence-electron chi connectivity index (χ2n) is 4.41. The van der Waals surface area contributed by atoms with Crippen LogP contribution in [0.3, 0.4) is 0 Å². The van der Waals surface area contributed by atoms with Gasteiger partial charge in [-0.25, -0.2) is 0 Å². The van der Waals surface area contributed by atoms with E-state index in [0.717, 1.165) is 23.6 Å². The number of hydrogen-bond acceptors (Lipinski definition) is 2. The van der Waals surface area contributed by atoms with E-state index >= 15 is 0 Å². The zero-order chi connectivity index (χ0) is 12.5. The Morgan fingerprint density at radius 1 is 1.41 bits per heavy atom. The molecule has 1 aromatic rings. The minimum atomic E-state index is -4.33. The molecule has 0 radical (unpaired) electrons. The molecule has 96 valence electrons. The van der Waals surface area contributed by atoms with Crippen LogP contribution >= 0.6 is 0 Å². The van der Waals surface area contributed by atoms with Crippen LogP contribution < -0.4 is 0 Å². The van der Waals surface area contributed by atoms with Gasteiger partial charge in [0.25, 0.3) is 0 Å². The van der Waals surface area contributed by atoms with Crippen molar-refractivity contribution in [2.24, 2.45) is 5.92 Å². The Hall–Kier alpha value is -1.04. The second kappa shape index (κ2) is 4.68. The summed E-state index contributed by atoms with van der Waals surface area (Å²) in [5.74, 6) is 0.226. The van der Waals surface area contributed by atoms with Gasteiger partial charge in [0.1, 0.15) is 5.69 Å². The minimum Gasteiger partial charge on any atom is -0.381 e. The van der Waals surface area contributed by atoms with Crippen molar-refractivity contribution >= 4 is 0 Å². The topological polar surface area (TPSA) is 27.1 Å². The lowest BCUT2D eigenvalue weighted by atomic mass is 10.0. The van der Waals surface area contributed by atoms with E-state index < -0.39 is 11.9 Å². The number of nitrogens with zero attached hydrogens (tertiary/aromatic N) is 2. The Morgan fingerprint density at radius 2 is 2.06 bits per heavy atom. The maximum absolute atomic E-state index is 12.7. The molecule has 0 spiro atoms. The predicted molar refractivity (Wildman–Crippen MR) is 55.5 cm³/mol. The smallest absolute Gasteiger partial charge is 0.381 e. The molecule has 3 nitrogen and oxygen atoms in total. The monoisotopic (exact) mass is 248 g/mol. The maximum atomic E-state index is 12.7. The molecule has 0 aromatic carbocycles. The van der Waals surface area contributed by atoms with Gasteiger partial charge in [-0.15, -0.1) is 0 Å². The highest BCUT2D eigenvalue weighted by Gasteiger charge is 2.35. The van der Waals surface area contributed by atoms with Crippen molar-refractivity contribution < 1.29 is 17.9 Å². The molecule has 2 rings (SSSR count). The zero-order valence-corrected chi connectivity index (χ0v) is 9.63. The van der Waals surface area contributed by atoms with E-state index in [4.69, 9.17) is 4.74 Å². The molecule has 0 unspecified atom stereocenters. The molecule has 17 heavy (non-hydrogen) atoms. The molecule has 6 heteroatoms. The molecular formula is C11H15F3N2O. The highest BCUT2D eigenvalue weighted by Crippen LogP contribution is 2.30. The van der Waals surface area contributed by atoms with Crippen molar-refractivity contribution in [3.8, 4) is 0 Å². The average Bonchev–Trinajstić information content (AvgIpc) is 2.60. The Morgan fingerprint density at radius 3 is 2.65 bits per heavy atom. The first-order chi connectivity index (χ1) is 7.97. The third-order valence-electron chi connectivity index (χ3n) is 2.96. The fourth-order valence-corrected chi connectivity index (χ4v) is 2.09. The number of alkyl halides is 3. The molecule has 1 aliphatic rings. The van der Waals surface area contributed by atoms with Crippen molar-refractivity contribution in [3.63, 3.8) is 0 Å². The van der Waals surface area contributed by atoms with E-state index in [0.29, 0.717) is 25.5 Å². The number of rotatable bonds is 2. The molecule has 0 amide bonds. The van der Waals surface area contributed by atoms with E-state index in [2.05, 4.69) is 5.10 Å². The van der Waals surface area contributed by atoms with E-state index in [9.17, 15) is 13.2 Å². The van der Waals surface area contributed by atoms with Crippen molar-refractivity contribution in [2.75, 3.05) is 13.2 Å². The van der Waals surface area contributed by atoms with Gasteiger partial charge in [0, 0.05) is 19.8 Å². The largest absolute Gasteiger partial charge is 0.433 e. The number of hydrogen-bond donors (Lipinski definition) is 0. The number of halogens is 3. The first-order valence-corrected chi connectivity index (χ1v) is 5.66. The molecule has 1 saturated heterocycles. The Labute approximate surface area is 97.6 Å². The van der Waals surface area contributed by atoms with Crippen molar-refractivity contribution in [3.05, 3.63) is 17.5 Å². The first-order valence-electron chi connectivity index (χ1n) is 5.66. The van der Waals surface area contributed by atoms with Crippen LogP contribution in [0.1, 0.15) is 24.2 Å². The molecule has 0 aliphatic carbocycles. The fourth-order valence-electron chi connectivity index (χ4n) is 2.09. The van der Waals surface area contributed by atoms with Crippen LogP contribution in [0.2, 0.25) is 0 Å². The summed E-state index contributed by atoms with van der Waals surface area (Å²) in [6, 6.07) is 1.10. The van der Waals surface area contributed by atoms with Crippen LogP contribution in [0.4, 0.5) is 13.2 Å². The van der Waals surface area contributed by atoms with Crippen LogP contribution in [0.5, 0.6) is 0 Å². The van der Waals surface area contributed by atoms with Gasteiger partial charge in [-0.2, -0.15) is 18.3 Å². The third kappa shape index (κ3) is 3.00. The van der Waals surface area contributed by atoms with E-state index in [1.807, 2.05) is 0 Å². The molecular weight excluding hydrogens is 233 g/mol. The molecule has 0 bridgehead atoms. The summed E-state index contributed by atoms with van der Waals surface area (Å²) < 4.78 is 44.5. The molecule has 0 N–H and O–H groups in total. The van der Waals surface area contributed by atoms with E-state index in [1.165, 1.54) is 0 Å². The normalized spacial score (nSPS) is 18.6. The summed E-state index contributed by atoms with van der Waals surface area (Å²) in [5.41, 5.74) is -0.245. The standard InChI is InChI=1S/C11H15F3N2O/c1-8-6-10(11(12,13)14)16(15-8)7-9-2-4-17-5-3-9/h6,9H,2-5,7H2,1H3. The van der Waals surface area contributed by atoms with E-state index in [-0.39, 0.29) is 5.92 Å². The van der Waals surface area contributed by atoms with Gasteiger partial charge in [0.2, 0.25) is 0 Å². The molecule has 1 aliphatic heterocycles. The molecule has 0 atom stereocenters. The van der Waals surface area contributed by atoms with Gasteiger partial charge in [-0.1, -0.05) is 0 Å². The molecule has 2 heterocycles. The lowest BCUT2D eigenvalue weighted by Gasteiger charge is -2.23. The summed E-state index contributed by atoms with van der Waals surface area (Å²) >= 11 is 0. The maximum Gasteiger partial charge on any atom is 0.433 e.